The first-order valence-electron chi connectivity index (χ1n) is 11.7. The van der Waals surface area contributed by atoms with Gasteiger partial charge in [0.1, 0.15) is 11.5 Å². The van der Waals surface area contributed by atoms with Gasteiger partial charge in [-0.05, 0) is 74.7 Å². The summed E-state index contributed by atoms with van der Waals surface area (Å²) in [6.07, 6.45) is 3.17. The normalized spacial score (nSPS) is 19.3. The van der Waals surface area contributed by atoms with Gasteiger partial charge in [-0.15, -0.1) is 0 Å². The van der Waals surface area contributed by atoms with Crippen LogP contribution in [0.1, 0.15) is 35.7 Å². The van der Waals surface area contributed by atoms with E-state index >= 15 is 0 Å². The van der Waals surface area contributed by atoms with Gasteiger partial charge in [-0.3, -0.25) is 14.4 Å². The minimum Gasteiger partial charge on any atom is -0.457 e. The minimum atomic E-state index is -0.391. The smallest absolute Gasteiger partial charge is 0.257 e. The molecule has 1 saturated heterocycles. The summed E-state index contributed by atoms with van der Waals surface area (Å²) in [5, 5.41) is 2.87. The molecule has 0 saturated carbocycles. The summed E-state index contributed by atoms with van der Waals surface area (Å²) < 4.78 is 5.92. The van der Waals surface area contributed by atoms with E-state index in [9.17, 15) is 14.4 Å². The van der Waals surface area contributed by atoms with Crippen molar-refractivity contribution in [1.29, 1.82) is 0 Å². The summed E-state index contributed by atoms with van der Waals surface area (Å²) in [5.74, 6) is -0.154. The van der Waals surface area contributed by atoms with E-state index in [-0.39, 0.29) is 29.2 Å². The second kappa shape index (κ2) is 9.22. The van der Waals surface area contributed by atoms with Gasteiger partial charge in [0.2, 0.25) is 11.8 Å². The minimum absolute atomic E-state index is 0.231. The number of para-hydroxylation sites is 2. The number of rotatable bonds is 5. The Bertz CT molecular complexity index is 1340. The standard InChI is InChI=1S/C29H26N2O4/c1-18-11-16-22-24(17-18)29(34)31(28(22)33)25-9-5-4-8-23(25)27(32)30-20-12-14-21(15-13-20)35-26-10-6-3-7-19(26)2/h3-15,22,24H,16-17H2,1-2H3,(H,30,32)/t22-,24+/m1/s1. The molecule has 176 valence electrons. The maximum absolute atomic E-state index is 13.2. The van der Waals surface area contributed by atoms with Gasteiger partial charge in [0.05, 0.1) is 23.1 Å². The lowest BCUT2D eigenvalue weighted by Crippen LogP contribution is -2.33. The Morgan fingerprint density at radius 2 is 1.57 bits per heavy atom. The zero-order valence-electron chi connectivity index (χ0n) is 19.7. The Balaban J connectivity index is 1.34. The molecule has 1 aliphatic heterocycles. The maximum atomic E-state index is 13.2. The number of carbonyl (C=O) groups excluding carboxylic acids is 3. The van der Waals surface area contributed by atoms with Crippen LogP contribution in [0.5, 0.6) is 11.5 Å². The molecular weight excluding hydrogens is 440 g/mol. The van der Waals surface area contributed by atoms with E-state index < -0.39 is 5.91 Å². The number of nitrogens with one attached hydrogen (secondary N) is 1. The number of ether oxygens (including phenoxy) is 1. The van der Waals surface area contributed by atoms with Crippen molar-refractivity contribution in [1.82, 2.24) is 0 Å². The number of anilines is 2. The average molecular weight is 467 g/mol. The first kappa shape index (κ1) is 22.6. The summed E-state index contributed by atoms with van der Waals surface area (Å²) in [5.41, 5.74) is 3.33. The van der Waals surface area contributed by atoms with E-state index in [0.717, 1.165) is 16.9 Å². The van der Waals surface area contributed by atoms with Crippen LogP contribution in [0.25, 0.3) is 0 Å². The van der Waals surface area contributed by atoms with Gasteiger partial charge in [-0.25, -0.2) is 4.90 Å². The van der Waals surface area contributed by atoms with Crippen LogP contribution in [0.15, 0.2) is 84.4 Å². The number of carbonyl (C=O) groups is 3. The molecule has 3 aromatic carbocycles. The first-order chi connectivity index (χ1) is 16.9. The molecule has 1 N–H and O–H groups in total. The van der Waals surface area contributed by atoms with Crippen LogP contribution < -0.4 is 15.0 Å². The number of nitrogens with zero attached hydrogens (tertiary/aromatic N) is 1. The van der Waals surface area contributed by atoms with Gasteiger partial charge < -0.3 is 10.1 Å². The number of aryl methyl sites for hydroxylation is 1. The van der Waals surface area contributed by atoms with Crippen molar-refractivity contribution in [3.8, 4) is 11.5 Å². The molecule has 0 unspecified atom stereocenters. The van der Waals surface area contributed by atoms with Crippen molar-refractivity contribution in [3.05, 3.63) is 95.6 Å². The molecule has 3 aromatic rings. The third-order valence-electron chi connectivity index (χ3n) is 6.65. The molecule has 1 fully saturated rings. The number of hydrogen-bond donors (Lipinski definition) is 1. The van der Waals surface area contributed by atoms with Crippen molar-refractivity contribution >= 4 is 29.1 Å². The highest BCUT2D eigenvalue weighted by atomic mass is 16.5. The highest BCUT2D eigenvalue weighted by Gasteiger charge is 2.49. The fourth-order valence-corrected chi connectivity index (χ4v) is 4.74. The summed E-state index contributed by atoms with van der Waals surface area (Å²) in [7, 11) is 0. The molecule has 2 atom stereocenters. The average Bonchev–Trinajstić information content (AvgIpc) is 3.10. The third-order valence-corrected chi connectivity index (χ3v) is 6.65. The van der Waals surface area contributed by atoms with Crippen molar-refractivity contribution < 1.29 is 19.1 Å². The molecule has 3 amide bonds. The summed E-state index contributed by atoms with van der Waals surface area (Å²) in [6.45, 7) is 3.96. The number of allylic oxidation sites excluding steroid dienone is 2. The monoisotopic (exact) mass is 466 g/mol. The fraction of sp³-hybridized carbons (Fsp3) is 0.207. The van der Waals surface area contributed by atoms with Gasteiger partial charge in [-0.1, -0.05) is 42.0 Å². The zero-order valence-corrected chi connectivity index (χ0v) is 19.7. The van der Waals surface area contributed by atoms with Gasteiger partial charge in [0.15, 0.2) is 0 Å². The molecule has 6 heteroatoms. The molecule has 1 aliphatic carbocycles. The number of hydrogen-bond acceptors (Lipinski definition) is 4. The zero-order chi connectivity index (χ0) is 24.5. The molecule has 6 nitrogen and oxygen atoms in total. The van der Waals surface area contributed by atoms with Gasteiger partial charge in [-0.2, -0.15) is 0 Å². The highest BCUT2D eigenvalue weighted by Crippen LogP contribution is 2.40. The quantitative estimate of drug-likeness (QED) is 0.376. The Kier molecular flexibility index (Phi) is 5.95. The van der Waals surface area contributed by atoms with Crippen molar-refractivity contribution in [2.75, 3.05) is 10.2 Å². The number of benzene rings is 3. The number of amides is 3. The Morgan fingerprint density at radius 1 is 0.886 bits per heavy atom. The van der Waals surface area contributed by atoms with E-state index in [1.165, 1.54) is 4.90 Å². The number of fused-ring (bicyclic) bond motifs is 1. The van der Waals surface area contributed by atoms with Crippen LogP contribution in [0, 0.1) is 18.8 Å². The maximum Gasteiger partial charge on any atom is 0.257 e. The lowest BCUT2D eigenvalue weighted by Gasteiger charge is -2.19. The predicted octanol–water partition coefficient (Wildman–Crippen LogP) is 5.89. The van der Waals surface area contributed by atoms with Crippen LogP contribution in [-0.2, 0) is 9.59 Å². The molecule has 5 rings (SSSR count). The molecule has 1 heterocycles. The van der Waals surface area contributed by atoms with Crippen LogP contribution >= 0.6 is 0 Å². The highest BCUT2D eigenvalue weighted by molar-refractivity contribution is 6.25. The van der Waals surface area contributed by atoms with E-state index in [0.29, 0.717) is 30.0 Å². The lowest BCUT2D eigenvalue weighted by molar-refractivity contribution is -0.122. The summed E-state index contributed by atoms with van der Waals surface area (Å²) in [4.78, 5) is 40.7. The summed E-state index contributed by atoms with van der Waals surface area (Å²) >= 11 is 0. The molecule has 0 spiro atoms. The van der Waals surface area contributed by atoms with Gasteiger partial charge in [0, 0.05) is 5.69 Å². The lowest BCUT2D eigenvalue weighted by atomic mass is 9.82. The van der Waals surface area contributed by atoms with Crippen LogP contribution in [-0.4, -0.2) is 17.7 Å². The largest absolute Gasteiger partial charge is 0.457 e. The number of imide groups is 1. The molecule has 0 aromatic heterocycles. The Hall–Kier alpha value is -4.19. The Morgan fingerprint density at radius 3 is 2.34 bits per heavy atom. The van der Waals surface area contributed by atoms with Crippen LogP contribution in [0.4, 0.5) is 11.4 Å². The van der Waals surface area contributed by atoms with Crippen molar-refractivity contribution in [2.24, 2.45) is 11.8 Å². The second-order valence-electron chi connectivity index (χ2n) is 9.08. The Labute approximate surface area is 204 Å². The molecular formula is C29H26N2O4. The van der Waals surface area contributed by atoms with Gasteiger partial charge in [0.25, 0.3) is 5.91 Å². The molecule has 0 radical (unpaired) electrons. The third kappa shape index (κ3) is 4.35. The SMILES string of the molecule is CC1=CC[C@H]2C(=O)N(c3ccccc3C(=O)Nc3ccc(Oc4ccccc4C)cc3)C(=O)[C@H]2C1. The molecule has 35 heavy (non-hydrogen) atoms. The van der Waals surface area contributed by atoms with Crippen molar-refractivity contribution in [3.63, 3.8) is 0 Å². The predicted molar refractivity (Wildman–Crippen MR) is 135 cm³/mol. The van der Waals surface area contributed by atoms with E-state index in [2.05, 4.69) is 5.32 Å². The second-order valence-corrected chi connectivity index (χ2v) is 9.08. The summed E-state index contributed by atoms with van der Waals surface area (Å²) in [6, 6.07) is 21.5. The van der Waals surface area contributed by atoms with Crippen molar-refractivity contribution in [2.45, 2.75) is 26.7 Å². The fourth-order valence-electron chi connectivity index (χ4n) is 4.74. The first-order valence-corrected chi connectivity index (χ1v) is 11.7. The van der Waals surface area contributed by atoms with Crippen LogP contribution in [0.2, 0.25) is 0 Å². The topological polar surface area (TPSA) is 75.7 Å². The molecule has 0 bridgehead atoms. The van der Waals surface area contributed by atoms with E-state index in [4.69, 9.17) is 4.74 Å². The van der Waals surface area contributed by atoms with Gasteiger partial charge >= 0.3 is 0 Å². The van der Waals surface area contributed by atoms with E-state index in [1.54, 1.807) is 48.5 Å². The van der Waals surface area contributed by atoms with E-state index in [1.807, 2.05) is 44.2 Å². The van der Waals surface area contributed by atoms with Crippen LogP contribution in [0.3, 0.4) is 0 Å². The molecule has 2 aliphatic rings.